The number of unbranched alkanes of at least 4 members (excludes halogenated alkanes) is 4. The van der Waals surface area contributed by atoms with Gasteiger partial charge in [-0.2, -0.15) is 5.26 Å². The number of aromatic nitrogens is 1. The van der Waals surface area contributed by atoms with Crippen LogP contribution in [0.25, 0.3) is 22.4 Å². The summed E-state index contributed by atoms with van der Waals surface area (Å²) in [5, 5.41) is 10.6. The first-order valence-electron chi connectivity index (χ1n) is 10.4. The Morgan fingerprint density at radius 1 is 0.968 bits per heavy atom. The molecule has 0 bridgehead atoms. The van der Waals surface area contributed by atoms with Crippen molar-refractivity contribution in [2.24, 2.45) is 0 Å². The first-order valence-corrected chi connectivity index (χ1v) is 11.2. The lowest BCUT2D eigenvalue weighted by Crippen LogP contribution is -2.00. The van der Waals surface area contributed by atoms with E-state index in [2.05, 4.69) is 18.0 Å². The minimum Gasteiger partial charge on any atom is -0.494 e. The van der Waals surface area contributed by atoms with E-state index in [1.165, 1.54) is 25.7 Å². The number of hydrogen-bond donors (Lipinski definition) is 1. The highest BCUT2D eigenvalue weighted by Gasteiger charge is 2.15. The van der Waals surface area contributed by atoms with Crippen LogP contribution in [0, 0.1) is 11.3 Å². The van der Waals surface area contributed by atoms with Gasteiger partial charge in [-0.15, -0.1) is 0 Å². The summed E-state index contributed by atoms with van der Waals surface area (Å²) in [6, 6.07) is 16.9. The number of nitriles is 1. The van der Waals surface area contributed by atoms with Crippen LogP contribution in [0.15, 0.2) is 48.5 Å². The van der Waals surface area contributed by atoms with Gasteiger partial charge in [0.1, 0.15) is 23.2 Å². The SMILES string of the molecule is CCCCCCCOc1ccc(-c2cc(-c3ccc(Cl)cc3Cl)nc(N)c2C#N)cc1. The predicted octanol–water partition coefficient (Wildman–Crippen LogP) is 7.53. The normalized spacial score (nSPS) is 10.6. The minimum atomic E-state index is 0.161. The molecule has 1 aromatic heterocycles. The Labute approximate surface area is 193 Å². The fraction of sp³-hybridized carbons (Fsp3) is 0.280. The number of halogens is 2. The summed E-state index contributed by atoms with van der Waals surface area (Å²) in [6.45, 7) is 2.91. The van der Waals surface area contributed by atoms with Gasteiger partial charge in [0.05, 0.1) is 17.3 Å². The molecular formula is C25H25Cl2N3O. The van der Waals surface area contributed by atoms with Crippen molar-refractivity contribution in [2.45, 2.75) is 39.0 Å². The number of nitrogens with two attached hydrogens (primary N) is 1. The molecule has 0 spiro atoms. The fourth-order valence-electron chi connectivity index (χ4n) is 3.37. The maximum atomic E-state index is 9.63. The topological polar surface area (TPSA) is 71.9 Å². The molecule has 0 aliphatic carbocycles. The molecule has 1 heterocycles. The van der Waals surface area contributed by atoms with Crippen molar-refractivity contribution < 1.29 is 4.74 Å². The lowest BCUT2D eigenvalue weighted by Gasteiger charge is -2.12. The molecule has 3 aromatic rings. The quantitative estimate of drug-likeness (QED) is 0.339. The van der Waals surface area contributed by atoms with Gasteiger partial charge in [-0.1, -0.05) is 67.9 Å². The van der Waals surface area contributed by atoms with Gasteiger partial charge in [-0.05, 0) is 48.4 Å². The second kappa shape index (κ2) is 11.0. The molecular weight excluding hydrogens is 429 g/mol. The Kier molecular flexibility index (Phi) is 8.17. The van der Waals surface area contributed by atoms with Crippen molar-refractivity contribution in [3.05, 3.63) is 64.1 Å². The van der Waals surface area contributed by atoms with Gasteiger partial charge in [-0.3, -0.25) is 0 Å². The zero-order valence-corrected chi connectivity index (χ0v) is 19.0. The van der Waals surface area contributed by atoms with E-state index in [1.807, 2.05) is 30.3 Å². The summed E-state index contributed by atoms with van der Waals surface area (Å²) >= 11 is 12.4. The Morgan fingerprint density at radius 3 is 2.39 bits per heavy atom. The Bertz CT molecular complexity index is 1080. The third kappa shape index (κ3) is 5.91. The number of benzene rings is 2. The van der Waals surface area contributed by atoms with Gasteiger partial charge in [0.2, 0.25) is 0 Å². The standard InChI is InChI=1S/C25H25Cl2N3O/c1-2-3-4-5-6-13-31-19-10-7-17(8-11-19)21-15-24(30-25(29)22(21)16-28)20-12-9-18(26)14-23(20)27/h7-12,14-15H,2-6,13H2,1H3,(H2,29,30). The first kappa shape index (κ1) is 22.9. The molecule has 3 rings (SSSR count). The van der Waals surface area contributed by atoms with Crippen molar-refractivity contribution in [1.29, 1.82) is 5.26 Å². The average molecular weight is 454 g/mol. The summed E-state index contributed by atoms with van der Waals surface area (Å²) in [5.74, 6) is 0.967. The van der Waals surface area contributed by atoms with Crippen LogP contribution < -0.4 is 10.5 Å². The van der Waals surface area contributed by atoms with Gasteiger partial charge in [0.15, 0.2) is 0 Å². The summed E-state index contributed by atoms with van der Waals surface area (Å²) in [4.78, 5) is 4.38. The summed E-state index contributed by atoms with van der Waals surface area (Å²) in [6.07, 6.45) is 5.99. The number of rotatable bonds is 9. The molecule has 0 amide bonds. The second-order valence-corrected chi connectivity index (χ2v) is 8.18. The van der Waals surface area contributed by atoms with Crippen molar-refractivity contribution in [1.82, 2.24) is 4.98 Å². The molecule has 2 aromatic carbocycles. The predicted molar refractivity (Wildman–Crippen MR) is 129 cm³/mol. The molecule has 6 heteroatoms. The molecule has 4 nitrogen and oxygen atoms in total. The van der Waals surface area contributed by atoms with Crippen LogP contribution in [-0.2, 0) is 0 Å². The molecule has 0 atom stereocenters. The average Bonchev–Trinajstić information content (AvgIpc) is 2.76. The lowest BCUT2D eigenvalue weighted by atomic mass is 9.98. The molecule has 0 aliphatic rings. The van der Waals surface area contributed by atoms with Crippen molar-refractivity contribution in [2.75, 3.05) is 12.3 Å². The van der Waals surface area contributed by atoms with Gasteiger partial charge in [0, 0.05) is 16.1 Å². The van der Waals surface area contributed by atoms with Crippen LogP contribution in [-0.4, -0.2) is 11.6 Å². The van der Waals surface area contributed by atoms with Crippen LogP contribution in [0.3, 0.4) is 0 Å². The highest BCUT2D eigenvalue weighted by molar-refractivity contribution is 6.36. The highest BCUT2D eigenvalue weighted by Crippen LogP contribution is 2.35. The monoisotopic (exact) mass is 453 g/mol. The van der Waals surface area contributed by atoms with Gasteiger partial charge in [0.25, 0.3) is 0 Å². The Hall–Kier alpha value is -2.74. The van der Waals surface area contributed by atoms with Gasteiger partial charge in [-0.25, -0.2) is 4.98 Å². The van der Waals surface area contributed by atoms with Crippen LogP contribution >= 0.6 is 23.2 Å². The van der Waals surface area contributed by atoms with E-state index in [9.17, 15) is 5.26 Å². The molecule has 0 fully saturated rings. The van der Waals surface area contributed by atoms with Crippen LogP contribution in [0.1, 0.15) is 44.6 Å². The first-order chi connectivity index (χ1) is 15.0. The zero-order valence-electron chi connectivity index (χ0n) is 17.5. The van der Waals surface area contributed by atoms with Gasteiger partial charge < -0.3 is 10.5 Å². The third-order valence-electron chi connectivity index (χ3n) is 5.05. The Balaban J connectivity index is 1.83. The fourth-order valence-corrected chi connectivity index (χ4v) is 3.88. The van der Waals surface area contributed by atoms with E-state index in [1.54, 1.807) is 18.2 Å². The van der Waals surface area contributed by atoms with E-state index in [0.29, 0.717) is 39.0 Å². The summed E-state index contributed by atoms with van der Waals surface area (Å²) in [5.41, 5.74) is 9.27. The van der Waals surface area contributed by atoms with Crippen molar-refractivity contribution >= 4 is 29.0 Å². The van der Waals surface area contributed by atoms with E-state index in [0.717, 1.165) is 17.7 Å². The molecule has 0 saturated carbocycles. The zero-order chi connectivity index (χ0) is 22.2. The number of hydrogen-bond acceptors (Lipinski definition) is 4. The number of nitrogens with zero attached hydrogens (tertiary/aromatic N) is 2. The maximum absolute atomic E-state index is 9.63. The molecule has 160 valence electrons. The number of nitrogen functional groups attached to an aromatic ring is 1. The Morgan fingerprint density at radius 2 is 1.71 bits per heavy atom. The van der Waals surface area contributed by atoms with E-state index >= 15 is 0 Å². The molecule has 0 unspecified atom stereocenters. The van der Waals surface area contributed by atoms with Gasteiger partial charge >= 0.3 is 0 Å². The molecule has 31 heavy (non-hydrogen) atoms. The van der Waals surface area contributed by atoms with Crippen LogP contribution in [0.5, 0.6) is 5.75 Å². The number of ether oxygens (including phenoxy) is 1. The van der Waals surface area contributed by atoms with Crippen molar-refractivity contribution in [3.63, 3.8) is 0 Å². The number of anilines is 1. The largest absolute Gasteiger partial charge is 0.494 e. The van der Waals surface area contributed by atoms with Crippen molar-refractivity contribution in [3.8, 4) is 34.2 Å². The number of pyridine rings is 1. The lowest BCUT2D eigenvalue weighted by molar-refractivity contribution is 0.304. The van der Waals surface area contributed by atoms with E-state index < -0.39 is 0 Å². The second-order valence-electron chi connectivity index (χ2n) is 7.34. The molecule has 0 saturated heterocycles. The minimum absolute atomic E-state index is 0.161. The van der Waals surface area contributed by atoms with E-state index in [4.69, 9.17) is 33.7 Å². The summed E-state index contributed by atoms with van der Waals surface area (Å²) < 4.78 is 5.85. The third-order valence-corrected chi connectivity index (χ3v) is 5.60. The van der Waals surface area contributed by atoms with Crippen LogP contribution in [0.2, 0.25) is 10.0 Å². The molecule has 2 N–H and O–H groups in total. The molecule has 0 aliphatic heterocycles. The smallest absolute Gasteiger partial charge is 0.142 e. The van der Waals surface area contributed by atoms with E-state index in [-0.39, 0.29) is 5.82 Å². The maximum Gasteiger partial charge on any atom is 0.142 e. The molecule has 0 radical (unpaired) electrons. The highest BCUT2D eigenvalue weighted by atomic mass is 35.5. The van der Waals surface area contributed by atoms with Crippen LogP contribution in [0.4, 0.5) is 5.82 Å². The summed E-state index contributed by atoms with van der Waals surface area (Å²) in [7, 11) is 0.